The fourth-order valence-electron chi connectivity index (χ4n) is 3.20. The minimum absolute atomic E-state index is 0.0686. The molecule has 0 saturated heterocycles. The second-order valence-corrected chi connectivity index (χ2v) is 7.44. The van der Waals surface area contributed by atoms with E-state index >= 15 is 0 Å². The Morgan fingerprint density at radius 3 is 2.26 bits per heavy atom. The van der Waals surface area contributed by atoms with Crippen LogP contribution in [-0.4, -0.2) is 24.0 Å². The summed E-state index contributed by atoms with van der Waals surface area (Å²) in [6, 6.07) is 22.6. The molecule has 0 aliphatic carbocycles. The first kappa shape index (κ1) is 17.6. The van der Waals surface area contributed by atoms with Crippen molar-refractivity contribution in [3.63, 3.8) is 0 Å². The van der Waals surface area contributed by atoms with E-state index in [1.54, 1.807) is 18.0 Å². The number of carbonyl (C=O) groups is 1. The summed E-state index contributed by atoms with van der Waals surface area (Å²) in [6.45, 7) is 1.27. The SMILES string of the molecule is O=C(CCN1c2ccccc2Sc2ccccc21)NCCc1ccccn1. The maximum atomic E-state index is 12.3. The van der Waals surface area contributed by atoms with E-state index in [2.05, 4.69) is 51.6 Å². The molecule has 4 rings (SSSR count). The highest BCUT2D eigenvalue weighted by molar-refractivity contribution is 7.99. The minimum atomic E-state index is 0.0686. The first-order valence-electron chi connectivity index (χ1n) is 9.11. The monoisotopic (exact) mass is 375 g/mol. The zero-order valence-corrected chi connectivity index (χ0v) is 15.8. The molecule has 1 aromatic heterocycles. The van der Waals surface area contributed by atoms with Crippen LogP contribution in [0.3, 0.4) is 0 Å². The van der Waals surface area contributed by atoms with E-state index in [9.17, 15) is 4.79 Å². The van der Waals surface area contributed by atoms with E-state index in [1.807, 2.05) is 30.3 Å². The van der Waals surface area contributed by atoms with Crippen molar-refractivity contribution in [2.24, 2.45) is 0 Å². The Balaban J connectivity index is 1.38. The first-order chi connectivity index (χ1) is 13.3. The highest BCUT2D eigenvalue weighted by Gasteiger charge is 2.22. The Morgan fingerprint density at radius 2 is 1.59 bits per heavy atom. The lowest BCUT2D eigenvalue weighted by atomic mass is 10.2. The predicted molar refractivity (Wildman–Crippen MR) is 110 cm³/mol. The van der Waals surface area contributed by atoms with Gasteiger partial charge < -0.3 is 10.2 Å². The largest absolute Gasteiger partial charge is 0.356 e. The molecule has 2 heterocycles. The molecule has 3 aromatic rings. The summed E-state index contributed by atoms with van der Waals surface area (Å²) >= 11 is 1.78. The molecule has 2 aromatic carbocycles. The third kappa shape index (κ3) is 4.14. The van der Waals surface area contributed by atoms with E-state index in [4.69, 9.17) is 0 Å². The number of pyridine rings is 1. The van der Waals surface area contributed by atoms with Gasteiger partial charge in [-0.05, 0) is 36.4 Å². The number of nitrogens with zero attached hydrogens (tertiary/aromatic N) is 2. The van der Waals surface area contributed by atoms with Crippen molar-refractivity contribution in [2.75, 3.05) is 18.0 Å². The van der Waals surface area contributed by atoms with E-state index in [1.165, 1.54) is 21.2 Å². The van der Waals surface area contributed by atoms with Gasteiger partial charge in [0.15, 0.2) is 0 Å². The molecule has 136 valence electrons. The molecule has 1 aliphatic rings. The van der Waals surface area contributed by atoms with Crippen molar-refractivity contribution in [3.8, 4) is 0 Å². The molecule has 1 N–H and O–H groups in total. The van der Waals surface area contributed by atoms with Crippen LogP contribution < -0.4 is 10.2 Å². The third-order valence-electron chi connectivity index (χ3n) is 4.52. The molecule has 1 aliphatic heterocycles. The summed E-state index contributed by atoms with van der Waals surface area (Å²) in [5.41, 5.74) is 3.33. The molecule has 5 heteroatoms. The van der Waals surface area contributed by atoms with Gasteiger partial charge in [0.25, 0.3) is 0 Å². The van der Waals surface area contributed by atoms with Crippen LogP contribution in [0.1, 0.15) is 12.1 Å². The number of fused-ring (bicyclic) bond motifs is 2. The van der Waals surface area contributed by atoms with Crippen molar-refractivity contribution >= 4 is 29.0 Å². The highest BCUT2D eigenvalue weighted by atomic mass is 32.2. The van der Waals surface area contributed by atoms with E-state index in [-0.39, 0.29) is 5.91 Å². The number of rotatable bonds is 6. The quantitative estimate of drug-likeness (QED) is 0.692. The van der Waals surface area contributed by atoms with Crippen molar-refractivity contribution in [1.82, 2.24) is 10.3 Å². The summed E-state index contributed by atoms with van der Waals surface area (Å²) in [7, 11) is 0. The number of aromatic nitrogens is 1. The molecular formula is C22H21N3OS. The van der Waals surface area contributed by atoms with Crippen LogP contribution in [0, 0.1) is 0 Å². The van der Waals surface area contributed by atoms with E-state index in [0.29, 0.717) is 19.5 Å². The van der Waals surface area contributed by atoms with Gasteiger partial charge in [-0.25, -0.2) is 0 Å². The van der Waals surface area contributed by atoms with Crippen LogP contribution in [0.2, 0.25) is 0 Å². The predicted octanol–water partition coefficient (Wildman–Crippen LogP) is 4.43. The standard InChI is InChI=1S/C22H21N3OS/c26-22(24-15-12-17-7-5-6-14-23-17)13-16-25-18-8-1-3-10-20(18)27-21-11-4-2-9-19(21)25/h1-11,14H,12-13,15-16H2,(H,24,26). The first-order valence-corrected chi connectivity index (χ1v) is 9.93. The highest BCUT2D eigenvalue weighted by Crippen LogP contribution is 2.47. The number of hydrogen-bond donors (Lipinski definition) is 1. The maximum absolute atomic E-state index is 12.3. The van der Waals surface area contributed by atoms with Gasteiger partial charge in [0, 0.05) is 47.6 Å². The van der Waals surface area contributed by atoms with Crippen LogP contribution in [0.15, 0.2) is 82.7 Å². The Labute approximate surface area is 163 Å². The number of carbonyl (C=O) groups excluding carboxylic acids is 1. The van der Waals surface area contributed by atoms with Gasteiger partial charge >= 0.3 is 0 Å². The molecule has 0 spiro atoms. The van der Waals surface area contributed by atoms with Crippen LogP contribution >= 0.6 is 11.8 Å². The summed E-state index contributed by atoms with van der Waals surface area (Å²) in [4.78, 5) is 21.3. The number of para-hydroxylation sites is 2. The van der Waals surface area contributed by atoms with Gasteiger partial charge in [-0.15, -0.1) is 0 Å². The summed E-state index contributed by atoms with van der Waals surface area (Å²) in [5.74, 6) is 0.0686. The van der Waals surface area contributed by atoms with Crippen molar-refractivity contribution in [2.45, 2.75) is 22.6 Å². The fraction of sp³-hybridized carbons (Fsp3) is 0.182. The van der Waals surface area contributed by atoms with Gasteiger partial charge in [0.05, 0.1) is 11.4 Å². The van der Waals surface area contributed by atoms with E-state index in [0.717, 1.165) is 12.1 Å². The van der Waals surface area contributed by atoms with Crippen LogP contribution in [0.25, 0.3) is 0 Å². The molecule has 0 fully saturated rings. The summed E-state index contributed by atoms with van der Waals surface area (Å²) in [5, 5.41) is 3.01. The Morgan fingerprint density at radius 1 is 0.926 bits per heavy atom. The van der Waals surface area contributed by atoms with Gasteiger partial charge in [-0.2, -0.15) is 0 Å². The minimum Gasteiger partial charge on any atom is -0.356 e. The van der Waals surface area contributed by atoms with Gasteiger partial charge in [0.2, 0.25) is 5.91 Å². The van der Waals surface area contributed by atoms with Crippen LogP contribution in [0.4, 0.5) is 11.4 Å². The van der Waals surface area contributed by atoms with Gasteiger partial charge in [-0.3, -0.25) is 9.78 Å². The lowest BCUT2D eigenvalue weighted by Gasteiger charge is -2.32. The van der Waals surface area contributed by atoms with Crippen LogP contribution in [0.5, 0.6) is 0 Å². The van der Waals surface area contributed by atoms with Gasteiger partial charge in [0.1, 0.15) is 0 Å². The third-order valence-corrected chi connectivity index (χ3v) is 5.65. The number of amides is 1. The second kappa shape index (κ2) is 8.27. The molecular weight excluding hydrogens is 354 g/mol. The Hall–Kier alpha value is -2.79. The molecule has 0 saturated carbocycles. The molecule has 0 atom stereocenters. The summed E-state index contributed by atoms with van der Waals surface area (Å²) < 4.78 is 0. The summed E-state index contributed by atoms with van der Waals surface area (Å²) in [6.07, 6.45) is 2.98. The second-order valence-electron chi connectivity index (χ2n) is 6.36. The van der Waals surface area contributed by atoms with Gasteiger partial charge in [-0.1, -0.05) is 42.1 Å². The number of anilines is 2. The topological polar surface area (TPSA) is 45.2 Å². The Bertz CT molecular complexity index is 884. The van der Waals surface area contributed by atoms with Crippen molar-refractivity contribution < 1.29 is 4.79 Å². The molecule has 1 amide bonds. The van der Waals surface area contributed by atoms with Crippen molar-refractivity contribution in [1.29, 1.82) is 0 Å². The average molecular weight is 375 g/mol. The molecule has 0 radical (unpaired) electrons. The number of benzene rings is 2. The maximum Gasteiger partial charge on any atom is 0.221 e. The zero-order valence-electron chi connectivity index (χ0n) is 15.0. The number of hydrogen-bond acceptors (Lipinski definition) is 4. The average Bonchev–Trinajstić information content (AvgIpc) is 2.72. The molecule has 4 nitrogen and oxygen atoms in total. The Kier molecular flexibility index (Phi) is 5.39. The molecule has 0 unspecified atom stereocenters. The van der Waals surface area contributed by atoms with Crippen LogP contribution in [-0.2, 0) is 11.2 Å². The van der Waals surface area contributed by atoms with Crippen molar-refractivity contribution in [3.05, 3.63) is 78.6 Å². The molecule has 0 bridgehead atoms. The number of nitrogens with one attached hydrogen (secondary N) is 1. The zero-order chi connectivity index (χ0) is 18.5. The lowest BCUT2D eigenvalue weighted by molar-refractivity contribution is -0.120. The molecule has 27 heavy (non-hydrogen) atoms. The normalized spacial score (nSPS) is 12.2. The van der Waals surface area contributed by atoms with E-state index < -0.39 is 0 Å². The smallest absolute Gasteiger partial charge is 0.221 e. The lowest BCUT2D eigenvalue weighted by Crippen LogP contribution is -2.30. The fourth-order valence-corrected chi connectivity index (χ4v) is 4.30.